The number of hydrogen-bond acceptors (Lipinski definition) is 4. The lowest BCUT2D eigenvalue weighted by atomic mass is 10.3. The molecule has 5 nitrogen and oxygen atoms in total. The molecule has 0 aromatic heterocycles. The fourth-order valence-electron chi connectivity index (χ4n) is 1.15. The SMILES string of the molecule is CCOCCNS(=O)(=O)c1ccc(N)c(F)c1. The molecule has 0 aliphatic carbocycles. The number of anilines is 1. The van der Waals surface area contributed by atoms with Crippen LogP contribution in [-0.2, 0) is 14.8 Å². The highest BCUT2D eigenvalue weighted by Crippen LogP contribution is 2.15. The first kappa shape index (κ1) is 13.9. The molecule has 7 heteroatoms. The number of halogens is 1. The molecule has 0 saturated carbocycles. The molecule has 0 aliphatic rings. The van der Waals surface area contributed by atoms with Crippen LogP contribution >= 0.6 is 0 Å². The molecule has 0 bridgehead atoms. The first-order valence-corrected chi connectivity index (χ1v) is 6.58. The highest BCUT2D eigenvalue weighted by Gasteiger charge is 2.14. The zero-order valence-corrected chi connectivity index (χ0v) is 10.3. The summed E-state index contributed by atoms with van der Waals surface area (Å²) in [5.41, 5.74) is 5.18. The Kier molecular flexibility index (Phi) is 4.86. The minimum atomic E-state index is -3.71. The number of nitrogen functional groups attached to an aromatic ring is 1. The maximum absolute atomic E-state index is 13.1. The molecule has 1 rings (SSSR count). The molecule has 0 atom stereocenters. The first-order chi connectivity index (χ1) is 7.97. The predicted octanol–water partition coefficient (Wildman–Crippen LogP) is 0.723. The predicted molar refractivity (Wildman–Crippen MR) is 62.5 cm³/mol. The van der Waals surface area contributed by atoms with Crippen molar-refractivity contribution in [3.05, 3.63) is 24.0 Å². The Morgan fingerprint density at radius 1 is 1.47 bits per heavy atom. The Morgan fingerprint density at radius 3 is 2.76 bits per heavy atom. The van der Waals surface area contributed by atoms with Gasteiger partial charge in [-0.15, -0.1) is 0 Å². The van der Waals surface area contributed by atoms with Gasteiger partial charge in [-0.2, -0.15) is 0 Å². The van der Waals surface area contributed by atoms with Crippen molar-refractivity contribution in [3.63, 3.8) is 0 Å². The van der Waals surface area contributed by atoms with Crippen molar-refractivity contribution < 1.29 is 17.5 Å². The van der Waals surface area contributed by atoms with E-state index in [1.165, 1.54) is 12.1 Å². The molecule has 17 heavy (non-hydrogen) atoms. The Hall–Kier alpha value is -1.18. The van der Waals surface area contributed by atoms with Crippen molar-refractivity contribution in [2.24, 2.45) is 0 Å². The van der Waals surface area contributed by atoms with Crippen LogP contribution in [0.25, 0.3) is 0 Å². The third-order valence-electron chi connectivity index (χ3n) is 2.02. The summed E-state index contributed by atoms with van der Waals surface area (Å²) in [7, 11) is -3.71. The van der Waals surface area contributed by atoms with Gasteiger partial charge in [-0.3, -0.25) is 0 Å². The first-order valence-electron chi connectivity index (χ1n) is 5.10. The second kappa shape index (κ2) is 5.95. The molecule has 0 spiro atoms. The van der Waals surface area contributed by atoms with Gasteiger partial charge in [-0.1, -0.05) is 0 Å². The lowest BCUT2D eigenvalue weighted by Gasteiger charge is -2.07. The number of rotatable bonds is 6. The van der Waals surface area contributed by atoms with Gasteiger partial charge >= 0.3 is 0 Å². The third kappa shape index (κ3) is 3.95. The van der Waals surface area contributed by atoms with Crippen molar-refractivity contribution in [3.8, 4) is 0 Å². The third-order valence-corrected chi connectivity index (χ3v) is 3.48. The second-order valence-electron chi connectivity index (χ2n) is 3.28. The minimum absolute atomic E-state index is 0.0849. The molecular formula is C10H15FN2O3S. The summed E-state index contributed by atoms with van der Waals surface area (Å²) in [6.07, 6.45) is 0. The van der Waals surface area contributed by atoms with Crippen molar-refractivity contribution >= 4 is 15.7 Å². The van der Waals surface area contributed by atoms with Crippen LogP contribution in [0.4, 0.5) is 10.1 Å². The van der Waals surface area contributed by atoms with E-state index < -0.39 is 15.8 Å². The normalized spacial score (nSPS) is 11.6. The van der Waals surface area contributed by atoms with Crippen LogP contribution in [0.3, 0.4) is 0 Å². The zero-order chi connectivity index (χ0) is 12.9. The fraction of sp³-hybridized carbons (Fsp3) is 0.400. The zero-order valence-electron chi connectivity index (χ0n) is 9.44. The highest BCUT2D eigenvalue weighted by atomic mass is 32.2. The van der Waals surface area contributed by atoms with E-state index in [0.717, 1.165) is 6.07 Å². The van der Waals surface area contributed by atoms with Crippen LogP contribution in [-0.4, -0.2) is 28.2 Å². The summed E-state index contributed by atoms with van der Waals surface area (Å²) < 4.78 is 43.8. The van der Waals surface area contributed by atoms with Gasteiger partial charge < -0.3 is 10.5 Å². The van der Waals surface area contributed by atoms with Gasteiger partial charge in [0.2, 0.25) is 10.0 Å². The average molecular weight is 262 g/mol. The lowest BCUT2D eigenvalue weighted by Crippen LogP contribution is -2.27. The van der Waals surface area contributed by atoms with Crippen molar-refractivity contribution in [1.82, 2.24) is 4.72 Å². The summed E-state index contributed by atoms with van der Waals surface area (Å²) >= 11 is 0. The Bertz CT molecular complexity index is 476. The van der Waals surface area contributed by atoms with Gasteiger partial charge in [-0.25, -0.2) is 17.5 Å². The molecule has 96 valence electrons. The number of nitrogens with two attached hydrogens (primary N) is 1. The number of benzene rings is 1. The largest absolute Gasteiger partial charge is 0.396 e. The molecule has 0 fully saturated rings. The standard InChI is InChI=1S/C10H15FN2O3S/c1-2-16-6-5-13-17(14,15)8-3-4-10(12)9(11)7-8/h3-4,7,13H,2,5-6,12H2,1H3. The van der Waals surface area contributed by atoms with Crippen LogP contribution in [0.1, 0.15) is 6.92 Å². The monoisotopic (exact) mass is 262 g/mol. The molecule has 0 aliphatic heterocycles. The topological polar surface area (TPSA) is 81.4 Å². The Balaban J connectivity index is 2.72. The van der Waals surface area contributed by atoms with E-state index >= 15 is 0 Å². The molecule has 0 heterocycles. The molecule has 1 aromatic carbocycles. The van der Waals surface area contributed by atoms with E-state index in [0.29, 0.717) is 6.61 Å². The molecule has 0 radical (unpaired) electrons. The van der Waals surface area contributed by atoms with Crippen LogP contribution in [0.5, 0.6) is 0 Å². The average Bonchev–Trinajstić information content (AvgIpc) is 2.28. The van der Waals surface area contributed by atoms with Gasteiger partial charge in [0.05, 0.1) is 17.2 Å². The smallest absolute Gasteiger partial charge is 0.240 e. The van der Waals surface area contributed by atoms with E-state index in [4.69, 9.17) is 10.5 Å². The van der Waals surface area contributed by atoms with Crippen LogP contribution in [0, 0.1) is 5.82 Å². The van der Waals surface area contributed by atoms with Crippen molar-refractivity contribution in [2.45, 2.75) is 11.8 Å². The molecular weight excluding hydrogens is 247 g/mol. The van der Waals surface area contributed by atoms with Crippen molar-refractivity contribution in [2.75, 3.05) is 25.5 Å². The Labute approximate surface area is 99.8 Å². The minimum Gasteiger partial charge on any atom is -0.396 e. The number of hydrogen-bond donors (Lipinski definition) is 2. The van der Waals surface area contributed by atoms with Gasteiger partial charge in [0.1, 0.15) is 5.82 Å². The lowest BCUT2D eigenvalue weighted by molar-refractivity contribution is 0.153. The van der Waals surface area contributed by atoms with E-state index in [9.17, 15) is 12.8 Å². The van der Waals surface area contributed by atoms with Gasteiger partial charge in [0, 0.05) is 13.2 Å². The van der Waals surface area contributed by atoms with E-state index in [1.807, 2.05) is 6.92 Å². The van der Waals surface area contributed by atoms with E-state index in [1.54, 1.807) is 0 Å². The summed E-state index contributed by atoms with van der Waals surface area (Å²) in [6.45, 7) is 2.73. The van der Waals surface area contributed by atoms with Gasteiger partial charge in [0.25, 0.3) is 0 Å². The maximum atomic E-state index is 13.1. The summed E-state index contributed by atoms with van der Waals surface area (Å²) in [5, 5.41) is 0. The van der Waals surface area contributed by atoms with Crippen LogP contribution < -0.4 is 10.5 Å². The Morgan fingerprint density at radius 2 is 2.18 bits per heavy atom. The molecule has 3 N–H and O–H groups in total. The summed E-state index contributed by atoms with van der Waals surface area (Å²) in [4.78, 5) is -0.152. The number of ether oxygens (including phenoxy) is 1. The molecule has 0 amide bonds. The molecule has 0 saturated heterocycles. The second-order valence-corrected chi connectivity index (χ2v) is 5.04. The van der Waals surface area contributed by atoms with Crippen molar-refractivity contribution in [1.29, 1.82) is 0 Å². The van der Waals surface area contributed by atoms with Gasteiger partial charge in [-0.05, 0) is 25.1 Å². The fourth-order valence-corrected chi connectivity index (χ4v) is 2.18. The highest BCUT2D eigenvalue weighted by molar-refractivity contribution is 7.89. The van der Waals surface area contributed by atoms with Crippen LogP contribution in [0.2, 0.25) is 0 Å². The molecule has 1 aromatic rings. The number of sulfonamides is 1. The quantitative estimate of drug-likeness (QED) is 0.584. The van der Waals surface area contributed by atoms with Crippen LogP contribution in [0.15, 0.2) is 23.1 Å². The van der Waals surface area contributed by atoms with Gasteiger partial charge in [0.15, 0.2) is 0 Å². The number of nitrogens with one attached hydrogen (secondary N) is 1. The van der Waals surface area contributed by atoms with E-state index in [2.05, 4.69) is 4.72 Å². The maximum Gasteiger partial charge on any atom is 0.240 e. The summed E-state index contributed by atoms with van der Waals surface area (Å²) in [5.74, 6) is -0.752. The summed E-state index contributed by atoms with van der Waals surface area (Å²) in [6, 6.07) is 3.35. The van der Waals surface area contributed by atoms with E-state index in [-0.39, 0.29) is 23.7 Å². The molecule has 0 unspecified atom stereocenters.